The van der Waals surface area contributed by atoms with Crippen LogP contribution in [0, 0.1) is 0 Å². The summed E-state index contributed by atoms with van der Waals surface area (Å²) < 4.78 is 24.1. The van der Waals surface area contributed by atoms with Crippen molar-refractivity contribution < 1.29 is 8.42 Å². The maximum Gasteiger partial charge on any atom is 0.211 e. The van der Waals surface area contributed by atoms with Crippen LogP contribution < -0.4 is 11.1 Å². The monoisotopic (exact) mass is 406 g/mol. The van der Waals surface area contributed by atoms with Crippen LogP contribution >= 0.6 is 24.0 Å². The molecule has 0 aliphatic heterocycles. The Labute approximate surface area is 134 Å². The van der Waals surface area contributed by atoms with Gasteiger partial charge < -0.3 is 11.1 Å². The van der Waals surface area contributed by atoms with Gasteiger partial charge in [0.25, 0.3) is 0 Å². The molecule has 19 heavy (non-hydrogen) atoms. The topological polar surface area (TPSA) is 87.8 Å². The third-order valence-electron chi connectivity index (χ3n) is 2.51. The minimum absolute atomic E-state index is 0. The van der Waals surface area contributed by atoms with E-state index in [-0.39, 0.29) is 24.0 Å². The van der Waals surface area contributed by atoms with Crippen LogP contribution in [0.3, 0.4) is 0 Å². The highest BCUT2D eigenvalue weighted by Gasteiger charge is 2.12. The molecule has 0 spiro atoms. The number of rotatable bonds is 9. The molecule has 0 aromatic carbocycles. The fraction of sp³-hybridized carbons (Fsp3) is 0.909. The summed E-state index contributed by atoms with van der Waals surface area (Å²) in [6, 6.07) is 0. The third-order valence-corrected chi connectivity index (χ3v) is 3.88. The van der Waals surface area contributed by atoms with Gasteiger partial charge in [0.05, 0.1) is 6.26 Å². The maximum atomic E-state index is 11.3. The van der Waals surface area contributed by atoms with Gasteiger partial charge in [-0.25, -0.2) is 12.7 Å². The molecule has 0 bridgehead atoms. The summed E-state index contributed by atoms with van der Waals surface area (Å²) >= 11 is 0. The van der Waals surface area contributed by atoms with Gasteiger partial charge in [-0.3, -0.25) is 4.99 Å². The standard InChI is InChI=1S/C11H26N4O2S.HI/c1-4-6-8-13-11(12)14-9-7-10-15(5-2)18(3,16)17;/h4-10H2,1-3H3,(H3,12,13,14);1H. The Morgan fingerprint density at radius 2 is 1.95 bits per heavy atom. The summed E-state index contributed by atoms with van der Waals surface area (Å²) in [6.45, 7) is 6.28. The number of nitrogens with one attached hydrogen (secondary N) is 1. The first-order chi connectivity index (χ1) is 8.41. The Morgan fingerprint density at radius 3 is 2.42 bits per heavy atom. The molecule has 0 aromatic heterocycles. The number of nitrogens with two attached hydrogens (primary N) is 1. The molecule has 0 radical (unpaired) electrons. The Balaban J connectivity index is 0. The molecule has 0 amide bonds. The van der Waals surface area contributed by atoms with Crippen LogP contribution in [-0.4, -0.2) is 51.1 Å². The van der Waals surface area contributed by atoms with Crippen LogP contribution in [0.25, 0.3) is 0 Å². The van der Waals surface area contributed by atoms with E-state index >= 15 is 0 Å². The number of unbranched alkanes of at least 4 members (excludes halogenated alkanes) is 1. The van der Waals surface area contributed by atoms with Crippen LogP contribution in [0.2, 0.25) is 0 Å². The normalized spacial score (nSPS) is 12.3. The van der Waals surface area contributed by atoms with Crippen molar-refractivity contribution >= 4 is 40.0 Å². The SMILES string of the molecule is CCCCNC(N)=NCCCN(CC)S(C)(=O)=O.I. The lowest BCUT2D eigenvalue weighted by Crippen LogP contribution is -2.33. The van der Waals surface area contributed by atoms with E-state index in [1.165, 1.54) is 10.6 Å². The smallest absolute Gasteiger partial charge is 0.211 e. The second-order valence-corrected chi connectivity index (χ2v) is 6.14. The number of halogens is 1. The van der Waals surface area contributed by atoms with E-state index in [4.69, 9.17) is 5.73 Å². The predicted molar refractivity (Wildman–Crippen MR) is 91.5 cm³/mol. The molecule has 0 rings (SSSR count). The Hall–Kier alpha value is -0.0900. The summed E-state index contributed by atoms with van der Waals surface area (Å²) in [5.74, 6) is 0.436. The van der Waals surface area contributed by atoms with Crippen LogP contribution in [0.4, 0.5) is 0 Å². The van der Waals surface area contributed by atoms with Gasteiger partial charge >= 0.3 is 0 Å². The third kappa shape index (κ3) is 11.4. The van der Waals surface area contributed by atoms with Crippen LogP contribution in [-0.2, 0) is 10.0 Å². The molecule has 0 aliphatic rings. The second-order valence-electron chi connectivity index (χ2n) is 4.16. The van der Waals surface area contributed by atoms with Crippen molar-refractivity contribution in [3.63, 3.8) is 0 Å². The first-order valence-electron chi connectivity index (χ1n) is 6.40. The van der Waals surface area contributed by atoms with Gasteiger partial charge in [0.2, 0.25) is 10.0 Å². The molecule has 8 heteroatoms. The van der Waals surface area contributed by atoms with Crippen LogP contribution in [0.1, 0.15) is 33.1 Å². The van der Waals surface area contributed by atoms with E-state index < -0.39 is 10.0 Å². The number of hydrogen-bond acceptors (Lipinski definition) is 3. The molecule has 0 aromatic rings. The first-order valence-corrected chi connectivity index (χ1v) is 8.25. The van der Waals surface area contributed by atoms with Crippen molar-refractivity contribution in [2.75, 3.05) is 32.4 Å². The number of guanidine groups is 1. The Morgan fingerprint density at radius 1 is 1.32 bits per heavy atom. The fourth-order valence-corrected chi connectivity index (χ4v) is 2.38. The molecule has 3 N–H and O–H groups in total. The summed E-state index contributed by atoms with van der Waals surface area (Å²) in [6.07, 6.45) is 4.07. The molecule has 0 saturated heterocycles. The number of nitrogens with zero attached hydrogens (tertiary/aromatic N) is 2. The minimum Gasteiger partial charge on any atom is -0.370 e. The number of hydrogen-bond donors (Lipinski definition) is 2. The van der Waals surface area contributed by atoms with E-state index in [0.717, 1.165) is 19.4 Å². The average molecular weight is 406 g/mol. The molecule has 0 fully saturated rings. The summed E-state index contributed by atoms with van der Waals surface area (Å²) in [5.41, 5.74) is 5.66. The van der Waals surface area contributed by atoms with E-state index in [0.29, 0.717) is 32.0 Å². The van der Waals surface area contributed by atoms with E-state index in [1.807, 2.05) is 6.92 Å². The van der Waals surface area contributed by atoms with Crippen molar-refractivity contribution in [1.82, 2.24) is 9.62 Å². The van der Waals surface area contributed by atoms with E-state index in [2.05, 4.69) is 17.2 Å². The zero-order chi connectivity index (χ0) is 14.0. The van der Waals surface area contributed by atoms with Crippen molar-refractivity contribution in [2.24, 2.45) is 10.7 Å². The predicted octanol–water partition coefficient (Wildman–Crippen LogP) is 0.980. The fourth-order valence-electron chi connectivity index (χ4n) is 1.45. The van der Waals surface area contributed by atoms with Gasteiger partial charge in [0, 0.05) is 26.2 Å². The Kier molecular flexibility index (Phi) is 13.1. The van der Waals surface area contributed by atoms with Crippen molar-refractivity contribution in [1.29, 1.82) is 0 Å². The van der Waals surface area contributed by atoms with Crippen LogP contribution in [0.5, 0.6) is 0 Å². The largest absolute Gasteiger partial charge is 0.370 e. The van der Waals surface area contributed by atoms with Gasteiger partial charge in [0.15, 0.2) is 5.96 Å². The van der Waals surface area contributed by atoms with Gasteiger partial charge in [-0.1, -0.05) is 20.3 Å². The molecule has 0 atom stereocenters. The molecular weight excluding hydrogens is 379 g/mol. The maximum absolute atomic E-state index is 11.3. The molecule has 0 aliphatic carbocycles. The van der Waals surface area contributed by atoms with Gasteiger partial charge in [0.1, 0.15) is 0 Å². The van der Waals surface area contributed by atoms with E-state index in [1.54, 1.807) is 0 Å². The summed E-state index contributed by atoms with van der Waals surface area (Å²) in [4.78, 5) is 4.15. The minimum atomic E-state index is -3.10. The molecule has 116 valence electrons. The van der Waals surface area contributed by atoms with E-state index in [9.17, 15) is 8.42 Å². The highest BCUT2D eigenvalue weighted by atomic mass is 127. The second kappa shape index (κ2) is 11.7. The van der Waals surface area contributed by atoms with Crippen molar-refractivity contribution in [2.45, 2.75) is 33.1 Å². The molecule has 6 nitrogen and oxygen atoms in total. The van der Waals surface area contributed by atoms with Crippen molar-refractivity contribution in [3.8, 4) is 0 Å². The Bertz CT molecular complexity index is 347. The number of aliphatic imine (C=N–C) groups is 1. The van der Waals surface area contributed by atoms with Gasteiger partial charge in [-0.05, 0) is 12.8 Å². The molecular formula is C11H27IN4O2S. The lowest BCUT2D eigenvalue weighted by Gasteiger charge is -2.16. The average Bonchev–Trinajstić information content (AvgIpc) is 2.27. The quantitative estimate of drug-likeness (QED) is 0.259. The summed E-state index contributed by atoms with van der Waals surface area (Å²) in [7, 11) is -3.10. The zero-order valence-corrected chi connectivity index (χ0v) is 15.2. The molecule has 0 unspecified atom stereocenters. The van der Waals surface area contributed by atoms with Gasteiger partial charge in [-0.15, -0.1) is 24.0 Å². The van der Waals surface area contributed by atoms with Crippen molar-refractivity contribution in [3.05, 3.63) is 0 Å². The lowest BCUT2D eigenvalue weighted by atomic mass is 10.3. The summed E-state index contributed by atoms with van der Waals surface area (Å²) in [5, 5.41) is 3.01. The molecule has 0 saturated carbocycles. The lowest BCUT2D eigenvalue weighted by molar-refractivity contribution is 0.427. The first kappa shape index (κ1) is 21.2. The zero-order valence-electron chi connectivity index (χ0n) is 12.1. The molecule has 0 heterocycles. The van der Waals surface area contributed by atoms with Crippen LogP contribution in [0.15, 0.2) is 4.99 Å². The highest BCUT2D eigenvalue weighted by molar-refractivity contribution is 14.0. The highest BCUT2D eigenvalue weighted by Crippen LogP contribution is 1.98. The number of sulfonamides is 1. The van der Waals surface area contributed by atoms with Gasteiger partial charge in [-0.2, -0.15) is 0 Å².